The van der Waals surface area contributed by atoms with E-state index < -0.39 is 0 Å². The summed E-state index contributed by atoms with van der Waals surface area (Å²) >= 11 is 0. The molecule has 6 heteroatoms. The van der Waals surface area contributed by atoms with Gasteiger partial charge in [0.15, 0.2) is 0 Å². The van der Waals surface area contributed by atoms with Gasteiger partial charge in [-0.25, -0.2) is 4.98 Å². The second-order valence-corrected chi connectivity index (χ2v) is 6.78. The van der Waals surface area contributed by atoms with Gasteiger partial charge in [-0.2, -0.15) is 5.26 Å². The molecular weight excluding hydrogens is 340 g/mol. The van der Waals surface area contributed by atoms with Gasteiger partial charge in [0.05, 0.1) is 6.61 Å². The Morgan fingerprint density at radius 2 is 2.26 bits per heavy atom. The number of hydrogen-bond acceptors (Lipinski definition) is 5. The quantitative estimate of drug-likeness (QED) is 0.816. The molecule has 1 N–H and O–H groups in total. The maximum absolute atomic E-state index is 12.5. The van der Waals surface area contributed by atoms with Crippen LogP contribution in [0.4, 0.5) is 0 Å². The van der Waals surface area contributed by atoms with Crippen molar-refractivity contribution in [3.8, 4) is 17.2 Å². The third-order valence-electron chi connectivity index (χ3n) is 4.87. The minimum absolute atomic E-state index is 0.0613. The van der Waals surface area contributed by atoms with E-state index in [4.69, 9.17) is 10.00 Å². The van der Waals surface area contributed by atoms with Gasteiger partial charge in [-0.1, -0.05) is 12.1 Å². The zero-order valence-corrected chi connectivity index (χ0v) is 15.5. The zero-order valence-electron chi connectivity index (χ0n) is 15.5. The van der Waals surface area contributed by atoms with Crippen molar-refractivity contribution < 1.29 is 9.53 Å². The standard InChI is InChI=1S/C21H24N4O2/c1-27-10-9-25-8-7-16(15-25)13-24-21(26)18-4-2-3-17(11-18)19-5-6-20(12-22)23-14-19/h2-6,11,14,16H,7-10,13,15H2,1H3,(H,24,26). The first-order chi connectivity index (χ1) is 13.2. The van der Waals surface area contributed by atoms with E-state index in [0.29, 0.717) is 23.7 Å². The minimum atomic E-state index is -0.0613. The summed E-state index contributed by atoms with van der Waals surface area (Å²) in [4.78, 5) is 19.0. The molecule has 0 radical (unpaired) electrons. The van der Waals surface area contributed by atoms with E-state index in [2.05, 4.69) is 15.2 Å². The molecule has 1 amide bonds. The van der Waals surface area contributed by atoms with Crippen LogP contribution in [0.2, 0.25) is 0 Å². The maximum Gasteiger partial charge on any atom is 0.251 e. The van der Waals surface area contributed by atoms with Crippen molar-refractivity contribution in [2.45, 2.75) is 6.42 Å². The Bertz CT molecular complexity index is 814. The zero-order chi connectivity index (χ0) is 19.1. The molecular formula is C21H24N4O2. The summed E-state index contributed by atoms with van der Waals surface area (Å²) in [6, 6.07) is 13.0. The molecule has 140 valence electrons. The number of carbonyl (C=O) groups excluding carboxylic acids is 1. The topological polar surface area (TPSA) is 78.2 Å². The van der Waals surface area contributed by atoms with Crippen LogP contribution in [0.3, 0.4) is 0 Å². The van der Waals surface area contributed by atoms with Crippen molar-refractivity contribution in [1.82, 2.24) is 15.2 Å². The number of pyridine rings is 1. The molecule has 1 saturated heterocycles. The summed E-state index contributed by atoms with van der Waals surface area (Å²) in [5.41, 5.74) is 2.80. The van der Waals surface area contributed by atoms with Crippen LogP contribution in [0.1, 0.15) is 22.5 Å². The first-order valence-electron chi connectivity index (χ1n) is 9.15. The highest BCUT2D eigenvalue weighted by Crippen LogP contribution is 2.20. The van der Waals surface area contributed by atoms with Crippen molar-refractivity contribution in [2.75, 3.05) is 39.9 Å². The molecule has 2 heterocycles. The number of amides is 1. The number of nitrogens with one attached hydrogen (secondary N) is 1. The Morgan fingerprint density at radius 3 is 3.00 bits per heavy atom. The van der Waals surface area contributed by atoms with Crippen molar-refractivity contribution in [3.05, 3.63) is 53.9 Å². The predicted molar refractivity (Wildman–Crippen MR) is 103 cm³/mol. The number of ether oxygens (including phenoxy) is 1. The van der Waals surface area contributed by atoms with Gasteiger partial charge >= 0.3 is 0 Å². The van der Waals surface area contributed by atoms with Crippen LogP contribution in [0.15, 0.2) is 42.6 Å². The summed E-state index contributed by atoms with van der Waals surface area (Å²) in [7, 11) is 1.72. The molecule has 1 unspecified atom stereocenters. The molecule has 0 bridgehead atoms. The third kappa shape index (κ3) is 5.13. The summed E-state index contributed by atoms with van der Waals surface area (Å²) in [6.45, 7) is 4.44. The van der Waals surface area contributed by atoms with E-state index in [9.17, 15) is 4.79 Å². The van der Waals surface area contributed by atoms with E-state index in [1.807, 2.05) is 36.4 Å². The number of benzene rings is 1. The molecule has 1 aliphatic heterocycles. The van der Waals surface area contributed by atoms with E-state index in [-0.39, 0.29) is 5.91 Å². The summed E-state index contributed by atoms with van der Waals surface area (Å²) < 4.78 is 5.12. The van der Waals surface area contributed by atoms with Crippen LogP contribution >= 0.6 is 0 Å². The molecule has 2 aromatic rings. The lowest BCUT2D eigenvalue weighted by Gasteiger charge is -2.15. The number of nitriles is 1. The fourth-order valence-electron chi connectivity index (χ4n) is 3.31. The average Bonchev–Trinajstić information content (AvgIpc) is 3.18. The van der Waals surface area contributed by atoms with Gasteiger partial charge in [0, 0.05) is 44.1 Å². The molecule has 0 saturated carbocycles. The highest BCUT2D eigenvalue weighted by atomic mass is 16.5. The smallest absolute Gasteiger partial charge is 0.251 e. The third-order valence-corrected chi connectivity index (χ3v) is 4.87. The molecule has 0 spiro atoms. The van der Waals surface area contributed by atoms with Crippen molar-refractivity contribution >= 4 is 5.91 Å². The lowest BCUT2D eigenvalue weighted by molar-refractivity contribution is 0.0946. The second kappa shape index (κ2) is 9.26. The Morgan fingerprint density at radius 1 is 1.37 bits per heavy atom. The van der Waals surface area contributed by atoms with Crippen molar-refractivity contribution in [3.63, 3.8) is 0 Å². The van der Waals surface area contributed by atoms with Crippen LogP contribution in [0, 0.1) is 17.2 Å². The van der Waals surface area contributed by atoms with E-state index in [1.54, 1.807) is 19.4 Å². The molecule has 1 aromatic carbocycles. The molecule has 1 atom stereocenters. The van der Waals surface area contributed by atoms with Crippen LogP contribution in [-0.2, 0) is 4.74 Å². The number of hydrogen-bond donors (Lipinski definition) is 1. The number of nitrogens with zero attached hydrogens (tertiary/aromatic N) is 3. The lowest BCUT2D eigenvalue weighted by Crippen LogP contribution is -2.31. The average molecular weight is 364 g/mol. The normalized spacial score (nSPS) is 16.8. The largest absolute Gasteiger partial charge is 0.383 e. The Labute approximate surface area is 159 Å². The van der Waals surface area contributed by atoms with Gasteiger partial charge in [0.25, 0.3) is 5.91 Å². The first kappa shape index (κ1) is 19.0. The van der Waals surface area contributed by atoms with E-state index in [1.165, 1.54) is 0 Å². The summed E-state index contributed by atoms with van der Waals surface area (Å²) in [5, 5.41) is 11.9. The highest BCUT2D eigenvalue weighted by molar-refractivity contribution is 5.95. The maximum atomic E-state index is 12.5. The van der Waals surface area contributed by atoms with Gasteiger partial charge in [-0.15, -0.1) is 0 Å². The van der Waals surface area contributed by atoms with Crippen molar-refractivity contribution in [1.29, 1.82) is 5.26 Å². The molecule has 1 aromatic heterocycles. The minimum Gasteiger partial charge on any atom is -0.383 e. The fourth-order valence-corrected chi connectivity index (χ4v) is 3.31. The van der Waals surface area contributed by atoms with E-state index in [0.717, 1.165) is 43.8 Å². The van der Waals surface area contributed by atoms with Gasteiger partial charge in [0.2, 0.25) is 0 Å². The number of methoxy groups -OCH3 is 1. The lowest BCUT2D eigenvalue weighted by atomic mass is 10.0. The molecule has 0 aliphatic carbocycles. The highest BCUT2D eigenvalue weighted by Gasteiger charge is 2.22. The Balaban J connectivity index is 1.57. The predicted octanol–water partition coefficient (Wildman–Crippen LogP) is 2.32. The van der Waals surface area contributed by atoms with Gasteiger partial charge in [-0.3, -0.25) is 4.79 Å². The molecule has 3 rings (SSSR count). The number of carbonyl (C=O) groups is 1. The van der Waals surface area contributed by atoms with Crippen LogP contribution < -0.4 is 5.32 Å². The van der Waals surface area contributed by atoms with Gasteiger partial charge in [-0.05, 0) is 48.7 Å². The van der Waals surface area contributed by atoms with Gasteiger partial charge < -0.3 is 15.0 Å². The Kier molecular flexibility index (Phi) is 6.53. The molecule has 27 heavy (non-hydrogen) atoms. The number of likely N-dealkylation sites (tertiary alicyclic amines) is 1. The van der Waals surface area contributed by atoms with Crippen LogP contribution in [-0.4, -0.2) is 55.7 Å². The second-order valence-electron chi connectivity index (χ2n) is 6.78. The SMILES string of the molecule is COCCN1CCC(CNC(=O)c2cccc(-c3ccc(C#N)nc3)c2)C1. The molecule has 1 aliphatic rings. The van der Waals surface area contributed by atoms with E-state index >= 15 is 0 Å². The van der Waals surface area contributed by atoms with Gasteiger partial charge in [0.1, 0.15) is 11.8 Å². The fraction of sp³-hybridized carbons (Fsp3) is 0.381. The summed E-state index contributed by atoms with van der Waals surface area (Å²) in [6.07, 6.45) is 2.75. The molecule has 6 nitrogen and oxygen atoms in total. The monoisotopic (exact) mass is 364 g/mol. The molecule has 1 fully saturated rings. The van der Waals surface area contributed by atoms with Crippen LogP contribution in [0.25, 0.3) is 11.1 Å². The number of aromatic nitrogens is 1. The Hall–Kier alpha value is -2.75. The van der Waals surface area contributed by atoms with Crippen molar-refractivity contribution in [2.24, 2.45) is 5.92 Å². The number of rotatable bonds is 7. The van der Waals surface area contributed by atoms with Crippen LogP contribution in [0.5, 0.6) is 0 Å². The summed E-state index contributed by atoms with van der Waals surface area (Å²) in [5.74, 6) is 0.422. The first-order valence-corrected chi connectivity index (χ1v) is 9.15.